The van der Waals surface area contributed by atoms with Crippen LogP contribution in [0.2, 0.25) is 0 Å². The summed E-state index contributed by atoms with van der Waals surface area (Å²) >= 11 is 0. The van der Waals surface area contributed by atoms with Crippen molar-refractivity contribution in [3.63, 3.8) is 0 Å². The van der Waals surface area contributed by atoms with E-state index in [1.165, 1.54) is 14.0 Å². The van der Waals surface area contributed by atoms with E-state index in [-0.39, 0.29) is 6.42 Å². The monoisotopic (exact) mass is 365 g/mol. The maximum atomic E-state index is 12.4. The van der Waals surface area contributed by atoms with Crippen LogP contribution in [0.4, 0.5) is 0 Å². The Morgan fingerprint density at radius 1 is 1.08 bits per heavy atom. The van der Waals surface area contributed by atoms with Crippen LogP contribution >= 0.6 is 0 Å². The summed E-state index contributed by atoms with van der Waals surface area (Å²) in [6, 6.07) is 5.60. The van der Waals surface area contributed by atoms with Crippen LogP contribution in [0.25, 0.3) is 0 Å². The Hall–Kier alpha value is -2.94. The number of esters is 1. The molecule has 9 nitrogen and oxygen atoms in total. The zero-order valence-electron chi connectivity index (χ0n) is 14.6. The van der Waals surface area contributed by atoms with Crippen LogP contribution in [0.1, 0.15) is 18.9 Å². The van der Waals surface area contributed by atoms with Crippen LogP contribution in [0.15, 0.2) is 30.3 Å². The quantitative estimate of drug-likeness (QED) is 0.418. The summed E-state index contributed by atoms with van der Waals surface area (Å²) in [5.74, 6) is -3.46. The van der Waals surface area contributed by atoms with Crippen LogP contribution in [0.5, 0.6) is 0 Å². The third-order valence-electron chi connectivity index (χ3n) is 3.51. The minimum Gasteiger partial charge on any atom is -0.481 e. The molecule has 1 rings (SSSR count). The summed E-state index contributed by atoms with van der Waals surface area (Å²) in [7, 11) is 1.18. The van der Waals surface area contributed by atoms with Crippen LogP contribution in [0, 0.1) is 0 Å². The number of benzene rings is 1. The Kier molecular flexibility index (Phi) is 8.23. The maximum Gasteiger partial charge on any atom is 0.328 e. The van der Waals surface area contributed by atoms with Gasteiger partial charge in [-0.2, -0.15) is 0 Å². The molecule has 2 amide bonds. The molecule has 5 N–H and O–H groups in total. The van der Waals surface area contributed by atoms with Gasteiger partial charge in [0.1, 0.15) is 12.1 Å². The molecular formula is C17H23N3O6. The van der Waals surface area contributed by atoms with Gasteiger partial charge in [0, 0.05) is 6.42 Å². The van der Waals surface area contributed by atoms with E-state index in [2.05, 4.69) is 15.4 Å². The van der Waals surface area contributed by atoms with Crippen LogP contribution in [0.3, 0.4) is 0 Å². The molecule has 0 radical (unpaired) electrons. The molecule has 1 aromatic carbocycles. The van der Waals surface area contributed by atoms with Gasteiger partial charge in [-0.1, -0.05) is 30.3 Å². The largest absolute Gasteiger partial charge is 0.481 e. The molecule has 9 heteroatoms. The van der Waals surface area contributed by atoms with E-state index in [1.54, 1.807) is 24.3 Å². The fraction of sp³-hybridized carbons (Fsp3) is 0.412. The molecule has 0 aliphatic rings. The topological polar surface area (TPSA) is 148 Å². The summed E-state index contributed by atoms with van der Waals surface area (Å²) in [4.78, 5) is 47.1. The van der Waals surface area contributed by atoms with Crippen LogP contribution in [-0.4, -0.2) is 54.1 Å². The Morgan fingerprint density at radius 3 is 2.15 bits per heavy atom. The molecular weight excluding hydrogens is 342 g/mol. The highest BCUT2D eigenvalue weighted by molar-refractivity contribution is 5.94. The second-order valence-electron chi connectivity index (χ2n) is 5.72. The van der Waals surface area contributed by atoms with Crippen molar-refractivity contribution < 1.29 is 29.0 Å². The summed E-state index contributed by atoms with van der Waals surface area (Å²) in [5.41, 5.74) is 6.20. The average molecular weight is 365 g/mol. The number of carbonyl (C=O) groups excluding carboxylic acids is 3. The Balaban J connectivity index is 2.90. The summed E-state index contributed by atoms with van der Waals surface area (Å²) in [5, 5.41) is 13.7. The van der Waals surface area contributed by atoms with Gasteiger partial charge in [-0.15, -0.1) is 0 Å². The fourth-order valence-electron chi connectivity index (χ4n) is 2.14. The van der Waals surface area contributed by atoms with E-state index in [4.69, 9.17) is 10.8 Å². The Labute approximate surface area is 150 Å². The first kappa shape index (κ1) is 21.1. The van der Waals surface area contributed by atoms with Crippen molar-refractivity contribution in [2.24, 2.45) is 5.73 Å². The number of hydrogen-bond donors (Lipinski definition) is 4. The maximum absolute atomic E-state index is 12.4. The van der Waals surface area contributed by atoms with Gasteiger partial charge in [0.25, 0.3) is 0 Å². The van der Waals surface area contributed by atoms with Crippen molar-refractivity contribution in [1.29, 1.82) is 0 Å². The van der Waals surface area contributed by atoms with E-state index >= 15 is 0 Å². The number of ether oxygens (including phenoxy) is 1. The molecule has 0 aliphatic heterocycles. The molecule has 0 bridgehead atoms. The zero-order valence-corrected chi connectivity index (χ0v) is 14.6. The SMILES string of the molecule is COC(=O)[C@H](Cc1ccccc1)NC(=O)[C@H](CC(=O)O)NC(=O)[C@@H](C)N. The lowest BCUT2D eigenvalue weighted by atomic mass is 10.0. The highest BCUT2D eigenvalue weighted by Crippen LogP contribution is 2.06. The predicted molar refractivity (Wildman–Crippen MR) is 91.9 cm³/mol. The third-order valence-corrected chi connectivity index (χ3v) is 3.51. The van der Waals surface area contributed by atoms with Gasteiger partial charge in [0.2, 0.25) is 11.8 Å². The van der Waals surface area contributed by atoms with Gasteiger partial charge in [-0.05, 0) is 12.5 Å². The van der Waals surface area contributed by atoms with Crippen molar-refractivity contribution in [1.82, 2.24) is 10.6 Å². The van der Waals surface area contributed by atoms with Gasteiger partial charge >= 0.3 is 11.9 Å². The summed E-state index contributed by atoms with van der Waals surface area (Å²) < 4.78 is 4.69. The lowest BCUT2D eigenvalue weighted by molar-refractivity contribution is -0.145. The predicted octanol–water partition coefficient (Wildman–Crippen LogP) is -0.806. The molecule has 142 valence electrons. The third kappa shape index (κ3) is 6.89. The number of nitrogens with one attached hydrogen (secondary N) is 2. The van der Waals surface area contributed by atoms with Gasteiger partial charge in [0.05, 0.1) is 19.6 Å². The van der Waals surface area contributed by atoms with Crippen molar-refractivity contribution >= 4 is 23.8 Å². The second-order valence-corrected chi connectivity index (χ2v) is 5.72. The van der Waals surface area contributed by atoms with E-state index < -0.39 is 48.3 Å². The highest BCUT2D eigenvalue weighted by atomic mass is 16.5. The van der Waals surface area contributed by atoms with Gasteiger partial charge in [-0.25, -0.2) is 4.79 Å². The van der Waals surface area contributed by atoms with E-state index in [0.29, 0.717) is 0 Å². The minimum absolute atomic E-state index is 0.153. The number of nitrogens with two attached hydrogens (primary N) is 1. The number of aliphatic carboxylic acids is 1. The molecule has 1 aromatic rings. The first-order valence-corrected chi connectivity index (χ1v) is 7.94. The van der Waals surface area contributed by atoms with Gasteiger partial charge in [0.15, 0.2) is 0 Å². The van der Waals surface area contributed by atoms with E-state index in [0.717, 1.165) is 5.56 Å². The molecule has 3 atom stereocenters. The second kappa shape index (κ2) is 10.1. The fourth-order valence-corrected chi connectivity index (χ4v) is 2.14. The molecule has 0 saturated heterocycles. The normalized spacial score (nSPS) is 13.8. The Bertz CT molecular complexity index is 647. The molecule has 26 heavy (non-hydrogen) atoms. The van der Waals surface area contributed by atoms with Crippen LogP contribution in [-0.2, 0) is 30.3 Å². The number of hydrogen-bond acceptors (Lipinski definition) is 6. The standard InChI is InChI=1S/C17H23N3O6/c1-10(18)15(23)19-12(9-14(21)22)16(24)20-13(17(25)26-2)8-11-6-4-3-5-7-11/h3-7,10,12-13H,8-9,18H2,1-2H3,(H,19,23)(H,20,24)(H,21,22)/t10-,12+,13+/m1/s1. The zero-order chi connectivity index (χ0) is 19.7. The number of rotatable bonds is 9. The molecule has 0 fully saturated rings. The molecule has 0 aliphatic carbocycles. The highest BCUT2D eigenvalue weighted by Gasteiger charge is 2.29. The summed E-state index contributed by atoms with van der Waals surface area (Å²) in [6.45, 7) is 1.40. The van der Waals surface area contributed by atoms with Crippen molar-refractivity contribution in [2.75, 3.05) is 7.11 Å². The summed E-state index contributed by atoms with van der Waals surface area (Å²) in [6.07, 6.45) is -0.496. The van der Waals surface area contributed by atoms with Gasteiger partial charge in [-0.3, -0.25) is 14.4 Å². The smallest absolute Gasteiger partial charge is 0.328 e. The van der Waals surface area contributed by atoms with Crippen molar-refractivity contribution in [2.45, 2.75) is 37.9 Å². The molecule has 0 spiro atoms. The molecule has 0 saturated carbocycles. The number of carbonyl (C=O) groups is 4. The number of methoxy groups -OCH3 is 1. The first-order chi connectivity index (χ1) is 12.2. The number of carboxylic acid groups (broad SMARTS) is 1. The van der Waals surface area contributed by atoms with Gasteiger partial charge < -0.3 is 26.2 Å². The first-order valence-electron chi connectivity index (χ1n) is 7.94. The lowest BCUT2D eigenvalue weighted by Gasteiger charge is -2.22. The lowest BCUT2D eigenvalue weighted by Crippen LogP contribution is -2.55. The minimum atomic E-state index is -1.37. The van der Waals surface area contributed by atoms with Crippen molar-refractivity contribution in [3.8, 4) is 0 Å². The van der Waals surface area contributed by atoms with E-state index in [1.807, 2.05) is 6.07 Å². The Morgan fingerprint density at radius 2 is 1.65 bits per heavy atom. The molecule has 0 heterocycles. The van der Waals surface area contributed by atoms with Crippen molar-refractivity contribution in [3.05, 3.63) is 35.9 Å². The molecule has 0 unspecified atom stereocenters. The van der Waals surface area contributed by atoms with E-state index in [9.17, 15) is 19.2 Å². The average Bonchev–Trinajstić information content (AvgIpc) is 2.60. The number of amides is 2. The van der Waals surface area contributed by atoms with Crippen LogP contribution < -0.4 is 16.4 Å². The molecule has 0 aromatic heterocycles. The number of carboxylic acids is 1.